The average Bonchev–Trinajstić information content (AvgIpc) is 3.99. The van der Waals surface area contributed by atoms with Gasteiger partial charge >= 0.3 is 0 Å². The van der Waals surface area contributed by atoms with Crippen LogP contribution in [0.1, 0.15) is 118 Å². The normalized spacial score (nSPS) is 12.4. The Balaban J connectivity index is 0.00000774. The topological polar surface area (TPSA) is 63.0 Å². The zero-order chi connectivity index (χ0) is 56.2. The van der Waals surface area contributed by atoms with Crippen molar-refractivity contribution < 1.29 is 26.2 Å². The SMILES string of the molecule is C/C(=C/Nc1ccccc1)c1ccnc(-c2[c-]c(-c3cc(-c4cc(C(C)(C)C)ccc4-c4ccccc4)cc4c3nc(-c3cc(C(C)(C)C)cc(C(C)(C)C)c3O)n4C)cc(-c3ccc(C(C)(C)C)cc3-c3ccccc3)c2)c1.[Pt]. The molecule has 0 spiro atoms. The molecule has 0 saturated heterocycles. The van der Waals surface area contributed by atoms with Crippen LogP contribution in [0.4, 0.5) is 5.69 Å². The largest absolute Gasteiger partial charge is 0.507 e. The van der Waals surface area contributed by atoms with Gasteiger partial charge in [-0.05, 0) is 126 Å². The van der Waals surface area contributed by atoms with Gasteiger partial charge in [-0.2, -0.15) is 0 Å². The van der Waals surface area contributed by atoms with Crippen molar-refractivity contribution in [2.24, 2.45) is 7.05 Å². The number of fused-ring (bicyclic) bond motifs is 1. The number of nitrogens with one attached hydrogen (secondary N) is 1. The molecule has 0 unspecified atom stereocenters. The number of aromatic hydroxyl groups is 1. The summed E-state index contributed by atoms with van der Waals surface area (Å²) in [4.78, 5) is 10.8. The number of anilines is 1. The summed E-state index contributed by atoms with van der Waals surface area (Å²) in [6, 6.07) is 67.3. The smallest absolute Gasteiger partial charge is 0.143 e. The van der Waals surface area contributed by atoms with E-state index in [1.165, 1.54) is 11.1 Å². The number of pyridine rings is 1. The average molecular weight is 1230 g/mol. The summed E-state index contributed by atoms with van der Waals surface area (Å²) in [6.07, 6.45) is 3.96. The van der Waals surface area contributed by atoms with E-state index >= 15 is 0 Å². The number of rotatable bonds is 10. The van der Waals surface area contributed by atoms with Crippen molar-refractivity contribution >= 4 is 22.3 Å². The minimum Gasteiger partial charge on any atom is -0.507 e. The molecule has 8 aromatic carbocycles. The number of phenolic OH excluding ortho intramolecular Hbond substituents is 1. The van der Waals surface area contributed by atoms with Crippen LogP contribution in [0, 0.1) is 6.07 Å². The molecule has 10 rings (SSSR count). The molecule has 0 bridgehead atoms. The molecule has 10 aromatic rings. The standard InChI is InChI=1S/C74H75N4O.Pt/c1-47(46-76-58-28-22-17-23-29-58)50-34-35-75-66(40-50)54-37-51(60-33-31-55(71(2,3)4)42-61(60)49-26-20-16-21-27-49)36-52(38-54)63-39-53(62-43-56(72(5,6)7)30-32-59(62)48-24-18-15-19-25-48)41-67-68(63)77-70(78(67)14)64-44-57(73(8,9)10)45-65(69(64)79)74(11,12)13;/h15-37,39-46,76,79H,1-14H3;/q-1;/b47-46-;. The number of hydrogen-bond acceptors (Lipinski definition) is 4. The third kappa shape index (κ3) is 11.8. The number of allylic oxidation sites excluding steroid dienone is 1. The fourth-order valence-corrected chi connectivity index (χ4v) is 10.6. The fraction of sp³-hybridized carbons (Fsp3) is 0.243. The van der Waals surface area contributed by atoms with Gasteiger partial charge in [0.15, 0.2) is 0 Å². The van der Waals surface area contributed by atoms with E-state index < -0.39 is 0 Å². The molecule has 5 nitrogen and oxygen atoms in total. The molecule has 2 aromatic heterocycles. The third-order valence-corrected chi connectivity index (χ3v) is 15.5. The van der Waals surface area contributed by atoms with E-state index in [0.29, 0.717) is 11.4 Å². The van der Waals surface area contributed by atoms with Gasteiger partial charge in [0.25, 0.3) is 0 Å². The van der Waals surface area contributed by atoms with Crippen molar-refractivity contribution in [3.63, 3.8) is 0 Å². The molecule has 0 aliphatic carbocycles. The second kappa shape index (κ2) is 22.2. The van der Waals surface area contributed by atoms with Gasteiger partial charge in [0.2, 0.25) is 0 Å². The van der Waals surface area contributed by atoms with Gasteiger partial charge in [-0.15, -0.1) is 23.8 Å². The van der Waals surface area contributed by atoms with Crippen molar-refractivity contribution in [2.45, 2.75) is 112 Å². The molecule has 2 heterocycles. The van der Waals surface area contributed by atoms with Gasteiger partial charge in [0.1, 0.15) is 11.6 Å². The van der Waals surface area contributed by atoms with Crippen molar-refractivity contribution in [3.05, 3.63) is 222 Å². The van der Waals surface area contributed by atoms with E-state index in [4.69, 9.17) is 9.97 Å². The van der Waals surface area contributed by atoms with E-state index in [-0.39, 0.29) is 48.5 Å². The van der Waals surface area contributed by atoms with Crippen molar-refractivity contribution in [2.75, 3.05) is 5.32 Å². The van der Waals surface area contributed by atoms with Crippen LogP contribution in [0.2, 0.25) is 0 Å². The maximum absolute atomic E-state index is 12.5. The molecule has 0 aliphatic rings. The van der Waals surface area contributed by atoms with Crippen molar-refractivity contribution in [1.82, 2.24) is 14.5 Å². The molecule has 0 saturated carbocycles. The molecular formula is C74H75N4OPt-. The molecule has 408 valence electrons. The second-order valence-electron chi connectivity index (χ2n) is 25.5. The first kappa shape index (κ1) is 57.1. The molecule has 0 fully saturated rings. The maximum atomic E-state index is 12.5. The van der Waals surface area contributed by atoms with E-state index in [1.807, 2.05) is 24.4 Å². The molecule has 6 heteroatoms. The van der Waals surface area contributed by atoms with Crippen LogP contribution in [-0.2, 0) is 49.8 Å². The van der Waals surface area contributed by atoms with E-state index in [2.05, 4.69) is 277 Å². The van der Waals surface area contributed by atoms with Gasteiger partial charge in [-0.25, -0.2) is 4.98 Å². The Kier molecular flexibility index (Phi) is 15.8. The Hall–Kier alpha value is -7.59. The minimum absolute atomic E-state index is 0. The summed E-state index contributed by atoms with van der Waals surface area (Å²) in [5.41, 5.74) is 21.8. The van der Waals surface area contributed by atoms with E-state index in [9.17, 15) is 5.11 Å². The monoisotopic (exact) mass is 1230 g/mol. The zero-order valence-corrected chi connectivity index (χ0v) is 51.3. The molecule has 0 radical (unpaired) electrons. The van der Waals surface area contributed by atoms with Crippen LogP contribution < -0.4 is 5.32 Å². The summed E-state index contributed by atoms with van der Waals surface area (Å²) in [7, 11) is 2.09. The number of hydrogen-bond donors (Lipinski definition) is 2. The number of aromatic nitrogens is 3. The van der Waals surface area contributed by atoms with Gasteiger partial charge in [-0.3, -0.25) is 4.98 Å². The van der Waals surface area contributed by atoms with Crippen LogP contribution >= 0.6 is 0 Å². The van der Waals surface area contributed by atoms with Crippen LogP contribution in [0.25, 0.3) is 94.9 Å². The van der Waals surface area contributed by atoms with Crippen molar-refractivity contribution in [1.29, 1.82) is 0 Å². The van der Waals surface area contributed by atoms with Crippen LogP contribution in [0.3, 0.4) is 0 Å². The van der Waals surface area contributed by atoms with Gasteiger partial charge in [0.05, 0.1) is 16.6 Å². The Morgan fingerprint density at radius 3 is 1.59 bits per heavy atom. The predicted molar refractivity (Wildman–Crippen MR) is 336 cm³/mol. The molecule has 2 N–H and O–H groups in total. The summed E-state index contributed by atoms with van der Waals surface area (Å²) < 4.78 is 2.18. The minimum atomic E-state index is -0.331. The van der Waals surface area contributed by atoms with E-state index in [0.717, 1.165) is 106 Å². The Labute approximate surface area is 490 Å². The number of imidazole rings is 1. The molecular weight excluding hydrogens is 1160 g/mol. The number of nitrogens with zero attached hydrogens (tertiary/aromatic N) is 3. The zero-order valence-electron chi connectivity index (χ0n) is 49.0. The first-order valence-corrected chi connectivity index (χ1v) is 27.7. The number of para-hydroxylation sites is 1. The number of aryl methyl sites for hydroxylation is 1. The first-order valence-electron chi connectivity index (χ1n) is 27.7. The van der Waals surface area contributed by atoms with E-state index in [1.54, 1.807) is 0 Å². The first-order chi connectivity index (χ1) is 37.4. The summed E-state index contributed by atoms with van der Waals surface area (Å²) >= 11 is 0. The van der Waals surface area contributed by atoms with Crippen LogP contribution in [-0.4, -0.2) is 19.6 Å². The number of benzene rings is 8. The summed E-state index contributed by atoms with van der Waals surface area (Å²) in [6.45, 7) is 29.0. The van der Waals surface area contributed by atoms with Gasteiger partial charge < -0.3 is 15.0 Å². The molecule has 0 aliphatic heterocycles. The quantitative estimate of drug-likeness (QED) is 0.134. The van der Waals surface area contributed by atoms with Crippen LogP contribution in [0.15, 0.2) is 188 Å². The maximum Gasteiger partial charge on any atom is 0.143 e. The Bertz CT molecular complexity index is 3920. The summed E-state index contributed by atoms with van der Waals surface area (Å²) in [5, 5.41) is 16.0. The molecule has 80 heavy (non-hydrogen) atoms. The second-order valence-corrected chi connectivity index (χ2v) is 25.5. The molecule has 0 amide bonds. The van der Waals surface area contributed by atoms with Gasteiger partial charge in [-0.1, -0.05) is 233 Å². The Morgan fingerprint density at radius 2 is 1.01 bits per heavy atom. The summed E-state index contributed by atoms with van der Waals surface area (Å²) in [5.74, 6) is 0.942. The third-order valence-electron chi connectivity index (χ3n) is 15.5. The number of phenols is 1. The Morgan fingerprint density at radius 1 is 0.500 bits per heavy atom. The van der Waals surface area contributed by atoms with Crippen molar-refractivity contribution in [3.8, 4) is 84.0 Å². The fourth-order valence-electron chi connectivity index (χ4n) is 10.6. The predicted octanol–water partition coefficient (Wildman–Crippen LogP) is 19.8. The van der Waals surface area contributed by atoms with Gasteiger partial charge in [0, 0.05) is 57.5 Å². The van der Waals surface area contributed by atoms with Crippen LogP contribution in [0.5, 0.6) is 5.75 Å². The molecule has 0 atom stereocenters.